The molecule has 17 heavy (non-hydrogen) atoms. The molecule has 0 aliphatic carbocycles. The lowest BCUT2D eigenvalue weighted by molar-refractivity contribution is -0.141. The number of carbonyl (C=O) groups excluding carboxylic acids is 1. The SMILES string of the molecule is CCOC(=O)CN(C)c1nccc(C#N)c1Cl. The van der Waals surface area contributed by atoms with Crippen LogP contribution in [0.1, 0.15) is 12.5 Å². The summed E-state index contributed by atoms with van der Waals surface area (Å²) >= 11 is 5.99. The van der Waals surface area contributed by atoms with Crippen molar-refractivity contribution in [3.8, 4) is 6.07 Å². The van der Waals surface area contributed by atoms with Gasteiger partial charge in [-0.2, -0.15) is 5.26 Å². The maximum absolute atomic E-state index is 11.3. The molecule has 1 heterocycles. The Labute approximate surface area is 105 Å². The molecule has 1 aromatic rings. The van der Waals surface area contributed by atoms with Crippen LogP contribution in [-0.2, 0) is 9.53 Å². The smallest absolute Gasteiger partial charge is 0.325 e. The second kappa shape index (κ2) is 6.06. The summed E-state index contributed by atoms with van der Waals surface area (Å²) in [6.45, 7) is 2.10. The first-order valence-corrected chi connectivity index (χ1v) is 5.39. The largest absolute Gasteiger partial charge is 0.465 e. The van der Waals surface area contributed by atoms with Crippen LogP contribution >= 0.6 is 11.6 Å². The van der Waals surface area contributed by atoms with Gasteiger partial charge >= 0.3 is 5.97 Å². The number of esters is 1. The van der Waals surface area contributed by atoms with Gasteiger partial charge in [-0.15, -0.1) is 0 Å². The van der Waals surface area contributed by atoms with Crippen molar-refractivity contribution in [1.29, 1.82) is 5.26 Å². The number of pyridine rings is 1. The molecule has 1 aromatic heterocycles. The van der Waals surface area contributed by atoms with Crippen molar-refractivity contribution < 1.29 is 9.53 Å². The highest BCUT2D eigenvalue weighted by atomic mass is 35.5. The second-order valence-corrected chi connectivity index (χ2v) is 3.65. The molecule has 0 aliphatic rings. The fourth-order valence-electron chi connectivity index (χ4n) is 1.26. The Balaban J connectivity index is 2.86. The molecule has 0 saturated carbocycles. The van der Waals surface area contributed by atoms with Crippen LogP contribution in [0.2, 0.25) is 5.02 Å². The van der Waals surface area contributed by atoms with E-state index in [1.165, 1.54) is 12.3 Å². The molecule has 0 radical (unpaired) electrons. The van der Waals surface area contributed by atoms with Gasteiger partial charge in [0.25, 0.3) is 0 Å². The van der Waals surface area contributed by atoms with Crippen molar-refractivity contribution >= 4 is 23.4 Å². The summed E-state index contributed by atoms with van der Waals surface area (Å²) in [5.74, 6) is 0.0222. The number of hydrogen-bond donors (Lipinski definition) is 0. The standard InChI is InChI=1S/C11H12ClN3O2/c1-3-17-9(16)7-15(2)11-10(12)8(6-13)4-5-14-11/h4-5H,3,7H2,1-2H3. The summed E-state index contributed by atoms with van der Waals surface area (Å²) in [6.07, 6.45) is 1.47. The first kappa shape index (κ1) is 13.3. The normalized spacial score (nSPS) is 9.53. The van der Waals surface area contributed by atoms with Crippen LogP contribution in [0.5, 0.6) is 0 Å². The zero-order valence-corrected chi connectivity index (χ0v) is 10.4. The van der Waals surface area contributed by atoms with Crippen LogP contribution in [0.4, 0.5) is 5.82 Å². The number of nitrogens with zero attached hydrogens (tertiary/aromatic N) is 3. The van der Waals surface area contributed by atoms with E-state index in [4.69, 9.17) is 21.6 Å². The molecule has 1 rings (SSSR count). The summed E-state index contributed by atoms with van der Waals surface area (Å²) in [6, 6.07) is 3.47. The molecule has 0 unspecified atom stereocenters. The van der Waals surface area contributed by atoms with Crippen LogP contribution in [0.3, 0.4) is 0 Å². The number of ether oxygens (including phenoxy) is 1. The third kappa shape index (κ3) is 3.33. The molecule has 5 nitrogen and oxygen atoms in total. The van der Waals surface area contributed by atoms with E-state index < -0.39 is 0 Å². The molecular formula is C11H12ClN3O2. The fourth-order valence-corrected chi connectivity index (χ4v) is 1.56. The molecule has 0 aliphatic heterocycles. The van der Waals surface area contributed by atoms with Crippen molar-refractivity contribution in [2.75, 3.05) is 25.1 Å². The molecule has 6 heteroatoms. The minimum absolute atomic E-state index is 0.0371. The Bertz CT molecular complexity index is 457. The number of nitriles is 1. The number of anilines is 1. The lowest BCUT2D eigenvalue weighted by Gasteiger charge is -2.18. The van der Waals surface area contributed by atoms with Crippen molar-refractivity contribution in [3.05, 3.63) is 22.8 Å². The highest BCUT2D eigenvalue weighted by Crippen LogP contribution is 2.25. The van der Waals surface area contributed by atoms with Crippen LogP contribution in [0.15, 0.2) is 12.3 Å². The first-order chi connectivity index (χ1) is 8.10. The zero-order chi connectivity index (χ0) is 12.8. The Kier molecular flexibility index (Phi) is 4.73. The van der Waals surface area contributed by atoms with Gasteiger partial charge in [0.05, 0.1) is 12.2 Å². The van der Waals surface area contributed by atoms with Crippen LogP contribution in [-0.4, -0.2) is 31.2 Å². The molecule has 0 spiro atoms. The average molecular weight is 254 g/mol. The van der Waals surface area contributed by atoms with Gasteiger partial charge in [-0.05, 0) is 13.0 Å². The Morgan fingerprint density at radius 2 is 2.41 bits per heavy atom. The Hall–Kier alpha value is -1.80. The topological polar surface area (TPSA) is 66.2 Å². The summed E-state index contributed by atoms with van der Waals surface area (Å²) in [7, 11) is 1.66. The van der Waals surface area contributed by atoms with Crippen molar-refractivity contribution in [2.24, 2.45) is 0 Å². The zero-order valence-electron chi connectivity index (χ0n) is 9.61. The fraction of sp³-hybridized carbons (Fsp3) is 0.364. The molecule has 0 fully saturated rings. The van der Waals surface area contributed by atoms with Crippen molar-refractivity contribution in [2.45, 2.75) is 6.92 Å². The molecule has 0 N–H and O–H groups in total. The van der Waals surface area contributed by atoms with Gasteiger partial charge in [0.2, 0.25) is 0 Å². The number of hydrogen-bond acceptors (Lipinski definition) is 5. The molecule has 0 aromatic carbocycles. The van der Waals surface area contributed by atoms with E-state index in [1.54, 1.807) is 18.9 Å². The van der Waals surface area contributed by atoms with Crippen LogP contribution in [0, 0.1) is 11.3 Å². The van der Waals surface area contributed by atoms with Gasteiger partial charge in [-0.1, -0.05) is 11.6 Å². The van der Waals surface area contributed by atoms with Crippen LogP contribution < -0.4 is 4.90 Å². The predicted octanol–water partition coefficient (Wildman–Crippen LogP) is 1.61. The van der Waals surface area contributed by atoms with Crippen LogP contribution in [0.25, 0.3) is 0 Å². The molecular weight excluding hydrogens is 242 g/mol. The molecule has 0 amide bonds. The highest BCUT2D eigenvalue weighted by Gasteiger charge is 2.14. The minimum atomic E-state index is -0.366. The van der Waals surface area contributed by atoms with E-state index in [1.807, 2.05) is 6.07 Å². The maximum atomic E-state index is 11.3. The minimum Gasteiger partial charge on any atom is -0.465 e. The monoisotopic (exact) mass is 253 g/mol. The van der Waals surface area contributed by atoms with Gasteiger partial charge < -0.3 is 9.64 Å². The summed E-state index contributed by atoms with van der Waals surface area (Å²) in [5, 5.41) is 9.06. The lowest BCUT2D eigenvalue weighted by atomic mass is 10.3. The lowest BCUT2D eigenvalue weighted by Crippen LogP contribution is -2.28. The van der Waals surface area contributed by atoms with E-state index in [0.29, 0.717) is 18.0 Å². The number of rotatable bonds is 4. The number of likely N-dealkylation sites (N-methyl/N-ethyl adjacent to an activating group) is 1. The van der Waals surface area contributed by atoms with Gasteiger partial charge in [-0.3, -0.25) is 4.79 Å². The molecule has 0 saturated heterocycles. The van der Waals surface area contributed by atoms with Gasteiger partial charge in [0.15, 0.2) is 0 Å². The van der Waals surface area contributed by atoms with Gasteiger partial charge in [0.1, 0.15) is 23.5 Å². The summed E-state index contributed by atoms with van der Waals surface area (Å²) in [5.41, 5.74) is 0.326. The van der Waals surface area contributed by atoms with Gasteiger partial charge in [0, 0.05) is 13.2 Å². The Morgan fingerprint density at radius 3 is 3.00 bits per heavy atom. The molecule has 0 bridgehead atoms. The van der Waals surface area contributed by atoms with Crippen molar-refractivity contribution in [3.63, 3.8) is 0 Å². The Morgan fingerprint density at radius 1 is 1.71 bits per heavy atom. The highest BCUT2D eigenvalue weighted by molar-refractivity contribution is 6.34. The summed E-state index contributed by atoms with van der Waals surface area (Å²) < 4.78 is 4.81. The van der Waals surface area contributed by atoms with Gasteiger partial charge in [-0.25, -0.2) is 4.98 Å². The van der Waals surface area contributed by atoms with E-state index in [0.717, 1.165) is 0 Å². The maximum Gasteiger partial charge on any atom is 0.325 e. The quantitative estimate of drug-likeness (QED) is 0.763. The first-order valence-electron chi connectivity index (χ1n) is 5.01. The third-order valence-electron chi connectivity index (χ3n) is 2.02. The molecule has 90 valence electrons. The third-order valence-corrected chi connectivity index (χ3v) is 2.40. The molecule has 0 atom stereocenters. The number of halogens is 1. The van der Waals surface area contributed by atoms with E-state index in [9.17, 15) is 4.79 Å². The predicted molar refractivity (Wildman–Crippen MR) is 63.9 cm³/mol. The van der Waals surface area contributed by atoms with E-state index >= 15 is 0 Å². The average Bonchev–Trinajstić information content (AvgIpc) is 2.29. The summed E-state index contributed by atoms with van der Waals surface area (Å²) in [4.78, 5) is 16.9. The van der Waals surface area contributed by atoms with Crippen molar-refractivity contribution in [1.82, 2.24) is 4.98 Å². The number of aromatic nitrogens is 1. The van der Waals surface area contributed by atoms with E-state index in [-0.39, 0.29) is 17.5 Å². The number of carbonyl (C=O) groups is 1. The van der Waals surface area contributed by atoms with E-state index in [2.05, 4.69) is 4.98 Å². The second-order valence-electron chi connectivity index (χ2n) is 3.27.